The molecule has 108 valence electrons. The highest BCUT2D eigenvalue weighted by atomic mass is 79.9. The molecule has 5 heteroatoms. The van der Waals surface area contributed by atoms with Crippen LogP contribution in [0.5, 0.6) is 0 Å². The largest absolute Gasteiger partial charge is 0.444 e. The van der Waals surface area contributed by atoms with E-state index in [1.54, 1.807) is 12.1 Å². The highest BCUT2D eigenvalue weighted by Crippen LogP contribution is 2.18. The van der Waals surface area contributed by atoms with Gasteiger partial charge in [-0.3, -0.25) is 0 Å². The van der Waals surface area contributed by atoms with Crippen molar-refractivity contribution in [1.29, 1.82) is 0 Å². The van der Waals surface area contributed by atoms with Crippen LogP contribution in [0.2, 0.25) is 5.02 Å². The Morgan fingerprint density at radius 3 is 2.70 bits per heavy atom. The van der Waals surface area contributed by atoms with Crippen molar-refractivity contribution in [2.24, 2.45) is 0 Å². The second-order valence-electron chi connectivity index (χ2n) is 5.14. The van der Waals surface area contributed by atoms with Crippen molar-refractivity contribution in [3.8, 4) is 11.8 Å². The number of rotatable bonds is 2. The zero-order chi connectivity index (χ0) is 15.2. The lowest BCUT2D eigenvalue weighted by atomic mass is 10.2. The summed E-state index contributed by atoms with van der Waals surface area (Å²) in [6, 6.07) is 5.48. The van der Waals surface area contributed by atoms with Crippen molar-refractivity contribution in [3.05, 3.63) is 33.3 Å². The molecule has 0 aliphatic rings. The second-order valence-corrected chi connectivity index (χ2v) is 6.49. The molecule has 0 spiro atoms. The number of carbonyl (C=O) groups excluding carboxylic acids is 1. The predicted octanol–water partition coefficient (Wildman–Crippen LogP) is 4.37. The first kappa shape index (κ1) is 16.9. The van der Waals surface area contributed by atoms with Gasteiger partial charge in [0.1, 0.15) is 5.60 Å². The van der Waals surface area contributed by atoms with Gasteiger partial charge in [0.15, 0.2) is 0 Å². The summed E-state index contributed by atoms with van der Waals surface area (Å²) in [5.41, 5.74) is 0.352. The van der Waals surface area contributed by atoms with E-state index in [1.807, 2.05) is 26.8 Å². The average molecular weight is 359 g/mol. The first-order chi connectivity index (χ1) is 9.26. The standard InChI is InChI=1S/C15H17BrClNO2/c1-15(2,3)20-14(19)18-7-5-4-6-11-8-12(16)10-13(17)9-11/h8-10H,5,7H2,1-3H3,(H,18,19). The molecule has 0 unspecified atom stereocenters. The Labute approximate surface area is 133 Å². The lowest BCUT2D eigenvalue weighted by Crippen LogP contribution is -2.32. The summed E-state index contributed by atoms with van der Waals surface area (Å²) < 4.78 is 6.00. The molecule has 1 amide bonds. The number of nitrogens with one attached hydrogen (secondary N) is 1. The molecule has 0 heterocycles. The molecule has 1 aromatic carbocycles. The Bertz CT molecular complexity index is 521. The van der Waals surface area contributed by atoms with Gasteiger partial charge in [0.05, 0.1) is 0 Å². The maximum atomic E-state index is 11.4. The first-order valence-corrected chi connectivity index (χ1v) is 7.35. The Kier molecular flexibility index (Phi) is 6.38. The Morgan fingerprint density at radius 1 is 1.40 bits per heavy atom. The lowest BCUT2D eigenvalue weighted by Gasteiger charge is -2.19. The average Bonchev–Trinajstić information content (AvgIpc) is 2.24. The molecule has 0 saturated heterocycles. The summed E-state index contributed by atoms with van der Waals surface area (Å²) >= 11 is 9.28. The fourth-order valence-corrected chi connectivity index (χ4v) is 2.19. The van der Waals surface area contributed by atoms with E-state index in [-0.39, 0.29) is 0 Å². The molecular weight excluding hydrogens is 342 g/mol. The Hall–Kier alpha value is -1.18. The monoisotopic (exact) mass is 357 g/mol. The molecule has 0 aliphatic heterocycles. The minimum absolute atomic E-state index is 0.426. The zero-order valence-electron chi connectivity index (χ0n) is 11.7. The van der Waals surface area contributed by atoms with Crippen LogP contribution in [0, 0.1) is 11.8 Å². The number of hydrogen-bond donors (Lipinski definition) is 1. The van der Waals surface area contributed by atoms with Crippen molar-refractivity contribution in [2.45, 2.75) is 32.8 Å². The quantitative estimate of drug-likeness (QED) is 0.630. The number of carbonyl (C=O) groups is 1. The van der Waals surface area contributed by atoms with Crippen LogP contribution in [0.4, 0.5) is 4.79 Å². The van der Waals surface area contributed by atoms with Crippen LogP contribution in [0.1, 0.15) is 32.8 Å². The molecule has 0 atom stereocenters. The van der Waals surface area contributed by atoms with E-state index in [2.05, 4.69) is 33.1 Å². The van der Waals surface area contributed by atoms with Gasteiger partial charge >= 0.3 is 6.09 Å². The van der Waals surface area contributed by atoms with Crippen molar-refractivity contribution < 1.29 is 9.53 Å². The summed E-state index contributed by atoms with van der Waals surface area (Å²) in [7, 11) is 0. The number of ether oxygens (including phenoxy) is 1. The smallest absolute Gasteiger partial charge is 0.407 e. The van der Waals surface area contributed by atoms with Crippen LogP contribution in [0.15, 0.2) is 22.7 Å². The fourth-order valence-electron chi connectivity index (χ4n) is 1.33. The van der Waals surface area contributed by atoms with Crippen LogP contribution >= 0.6 is 27.5 Å². The van der Waals surface area contributed by atoms with Gasteiger partial charge in [-0.25, -0.2) is 4.79 Å². The third kappa shape index (κ3) is 7.42. The summed E-state index contributed by atoms with van der Waals surface area (Å²) in [5.74, 6) is 5.97. The Balaban J connectivity index is 2.38. The van der Waals surface area contributed by atoms with Gasteiger partial charge < -0.3 is 10.1 Å². The lowest BCUT2D eigenvalue weighted by molar-refractivity contribution is 0.0529. The van der Waals surface area contributed by atoms with Gasteiger partial charge in [-0.2, -0.15) is 0 Å². The molecule has 20 heavy (non-hydrogen) atoms. The first-order valence-electron chi connectivity index (χ1n) is 6.18. The number of alkyl carbamates (subject to hydrolysis) is 1. The molecule has 0 bridgehead atoms. The maximum absolute atomic E-state index is 11.4. The number of halogens is 2. The van der Waals surface area contributed by atoms with E-state index in [4.69, 9.17) is 16.3 Å². The third-order valence-corrected chi connectivity index (χ3v) is 2.69. The van der Waals surface area contributed by atoms with Crippen molar-refractivity contribution in [3.63, 3.8) is 0 Å². The van der Waals surface area contributed by atoms with E-state index < -0.39 is 11.7 Å². The van der Waals surface area contributed by atoms with E-state index in [0.29, 0.717) is 18.0 Å². The van der Waals surface area contributed by atoms with Gasteiger partial charge in [0.2, 0.25) is 0 Å². The van der Waals surface area contributed by atoms with E-state index in [9.17, 15) is 4.79 Å². The Morgan fingerprint density at radius 2 is 2.10 bits per heavy atom. The molecule has 0 aliphatic carbocycles. The van der Waals surface area contributed by atoms with Crippen LogP contribution < -0.4 is 5.32 Å². The van der Waals surface area contributed by atoms with Crippen molar-refractivity contribution >= 4 is 33.6 Å². The highest BCUT2D eigenvalue weighted by molar-refractivity contribution is 9.10. The second kappa shape index (κ2) is 7.56. The molecule has 1 rings (SSSR count). The molecule has 1 N–H and O–H groups in total. The van der Waals surface area contributed by atoms with Crippen LogP contribution in [-0.2, 0) is 4.74 Å². The molecule has 0 aromatic heterocycles. The molecular formula is C15H17BrClNO2. The van der Waals surface area contributed by atoms with Gasteiger partial charge in [0, 0.05) is 28.0 Å². The predicted molar refractivity (Wildman–Crippen MR) is 84.9 cm³/mol. The summed E-state index contributed by atoms with van der Waals surface area (Å²) in [6.45, 7) is 5.92. The number of hydrogen-bond acceptors (Lipinski definition) is 2. The van der Waals surface area contributed by atoms with Crippen molar-refractivity contribution in [2.75, 3.05) is 6.54 Å². The normalized spacial score (nSPS) is 10.4. The van der Waals surface area contributed by atoms with Crippen LogP contribution in [-0.4, -0.2) is 18.2 Å². The molecule has 1 aromatic rings. The molecule has 0 radical (unpaired) electrons. The van der Waals surface area contributed by atoms with Gasteiger partial charge in [-0.05, 0) is 39.0 Å². The zero-order valence-corrected chi connectivity index (χ0v) is 14.1. The minimum Gasteiger partial charge on any atom is -0.444 e. The maximum Gasteiger partial charge on any atom is 0.407 e. The van der Waals surface area contributed by atoms with Gasteiger partial charge in [-0.15, -0.1) is 0 Å². The van der Waals surface area contributed by atoms with E-state index >= 15 is 0 Å². The molecule has 3 nitrogen and oxygen atoms in total. The minimum atomic E-state index is -0.483. The molecule has 0 saturated carbocycles. The highest BCUT2D eigenvalue weighted by Gasteiger charge is 2.15. The summed E-state index contributed by atoms with van der Waals surface area (Å²) in [4.78, 5) is 11.4. The van der Waals surface area contributed by atoms with Crippen LogP contribution in [0.25, 0.3) is 0 Å². The SMILES string of the molecule is CC(C)(C)OC(=O)NCCC#Cc1cc(Cl)cc(Br)c1. The fraction of sp³-hybridized carbons (Fsp3) is 0.400. The topological polar surface area (TPSA) is 38.3 Å². The number of benzene rings is 1. The van der Waals surface area contributed by atoms with E-state index in [1.165, 1.54) is 0 Å². The third-order valence-electron chi connectivity index (χ3n) is 2.01. The summed E-state index contributed by atoms with van der Waals surface area (Å²) in [5, 5.41) is 3.28. The van der Waals surface area contributed by atoms with Crippen LogP contribution in [0.3, 0.4) is 0 Å². The van der Waals surface area contributed by atoms with Gasteiger partial charge in [-0.1, -0.05) is 39.4 Å². The summed E-state index contributed by atoms with van der Waals surface area (Å²) in [6.07, 6.45) is 0.119. The van der Waals surface area contributed by atoms with Crippen molar-refractivity contribution in [1.82, 2.24) is 5.32 Å². The molecule has 0 fully saturated rings. The van der Waals surface area contributed by atoms with Gasteiger partial charge in [0.25, 0.3) is 0 Å². The number of amides is 1. The van der Waals surface area contributed by atoms with E-state index in [0.717, 1.165) is 10.0 Å².